The number of hydrogen-bond donors (Lipinski definition) is 2. The van der Waals surface area contributed by atoms with Gasteiger partial charge in [-0.15, -0.1) is 0 Å². The number of nitrogens with one attached hydrogen (secondary N) is 2. The molecule has 2 amide bonds. The van der Waals surface area contributed by atoms with Crippen molar-refractivity contribution in [2.24, 2.45) is 0 Å². The molecule has 0 saturated heterocycles. The number of anilines is 1. The number of aryl methyl sites for hydroxylation is 1. The maximum Gasteiger partial charge on any atom is 0.243 e. The molecule has 0 radical (unpaired) electrons. The highest BCUT2D eigenvalue weighted by Gasteiger charge is 2.03. The molecule has 0 spiro atoms. The Morgan fingerprint density at radius 2 is 1.75 bits per heavy atom. The lowest BCUT2D eigenvalue weighted by molar-refractivity contribution is -0.123. The van der Waals surface area contributed by atoms with E-state index in [1.807, 2.05) is 31.2 Å². The molecule has 4 heteroatoms. The van der Waals surface area contributed by atoms with Gasteiger partial charge in [-0.3, -0.25) is 9.59 Å². The molecule has 1 aromatic carbocycles. The third-order valence-corrected chi connectivity index (χ3v) is 2.10. The third-order valence-electron chi connectivity index (χ3n) is 2.10. The molecular formula is C12H16N2O2. The topological polar surface area (TPSA) is 58.2 Å². The van der Waals surface area contributed by atoms with Crippen molar-refractivity contribution in [1.82, 2.24) is 5.32 Å². The first-order chi connectivity index (χ1) is 7.61. The molecule has 0 aliphatic carbocycles. The van der Waals surface area contributed by atoms with Crippen LogP contribution in [0.2, 0.25) is 0 Å². The van der Waals surface area contributed by atoms with Gasteiger partial charge in [-0.2, -0.15) is 0 Å². The number of carbonyl (C=O) groups excluding carboxylic acids is 2. The Bertz CT molecular complexity index is 371. The summed E-state index contributed by atoms with van der Waals surface area (Å²) in [4.78, 5) is 22.3. The standard InChI is InChI=1S/C12H16N2O2/c1-3-11(15)13-8-12(16)14-10-6-4-9(2)5-7-10/h4-7H,3,8H2,1-2H3,(H,13,15)(H,14,16). The van der Waals surface area contributed by atoms with Crippen LogP contribution in [0.15, 0.2) is 24.3 Å². The van der Waals surface area contributed by atoms with Crippen molar-refractivity contribution in [2.45, 2.75) is 20.3 Å². The summed E-state index contributed by atoms with van der Waals surface area (Å²) in [6.45, 7) is 3.74. The van der Waals surface area contributed by atoms with Gasteiger partial charge < -0.3 is 10.6 Å². The van der Waals surface area contributed by atoms with Crippen molar-refractivity contribution >= 4 is 17.5 Å². The van der Waals surface area contributed by atoms with Crippen LogP contribution in [0.25, 0.3) is 0 Å². The summed E-state index contributed by atoms with van der Waals surface area (Å²) in [5.41, 5.74) is 1.87. The molecule has 0 atom stereocenters. The smallest absolute Gasteiger partial charge is 0.243 e. The number of carbonyl (C=O) groups is 2. The van der Waals surface area contributed by atoms with Crippen LogP contribution in [-0.2, 0) is 9.59 Å². The third kappa shape index (κ3) is 4.13. The summed E-state index contributed by atoms with van der Waals surface area (Å²) < 4.78 is 0. The zero-order valence-electron chi connectivity index (χ0n) is 9.54. The zero-order chi connectivity index (χ0) is 12.0. The van der Waals surface area contributed by atoms with E-state index < -0.39 is 0 Å². The molecule has 0 unspecified atom stereocenters. The Balaban J connectivity index is 2.40. The quantitative estimate of drug-likeness (QED) is 0.807. The normalized spacial score (nSPS) is 9.62. The molecule has 0 bridgehead atoms. The number of benzene rings is 1. The van der Waals surface area contributed by atoms with Crippen molar-refractivity contribution in [3.05, 3.63) is 29.8 Å². The second-order valence-corrected chi connectivity index (χ2v) is 3.54. The SMILES string of the molecule is CCC(=O)NCC(=O)Nc1ccc(C)cc1. The van der Waals surface area contributed by atoms with E-state index in [-0.39, 0.29) is 18.4 Å². The van der Waals surface area contributed by atoms with Crippen LogP contribution in [0.4, 0.5) is 5.69 Å². The van der Waals surface area contributed by atoms with Crippen molar-refractivity contribution in [3.63, 3.8) is 0 Å². The van der Waals surface area contributed by atoms with Crippen LogP contribution >= 0.6 is 0 Å². The van der Waals surface area contributed by atoms with Gasteiger partial charge in [-0.05, 0) is 19.1 Å². The highest BCUT2D eigenvalue weighted by atomic mass is 16.2. The average molecular weight is 220 g/mol. The maximum atomic E-state index is 11.4. The summed E-state index contributed by atoms with van der Waals surface area (Å²) in [7, 11) is 0. The molecule has 1 aromatic rings. The molecule has 0 fully saturated rings. The van der Waals surface area contributed by atoms with Gasteiger partial charge in [0.05, 0.1) is 6.54 Å². The molecule has 0 aromatic heterocycles. The Morgan fingerprint density at radius 1 is 1.12 bits per heavy atom. The van der Waals surface area contributed by atoms with Crippen LogP contribution in [0.3, 0.4) is 0 Å². The average Bonchev–Trinajstić information content (AvgIpc) is 2.29. The van der Waals surface area contributed by atoms with E-state index in [9.17, 15) is 9.59 Å². The fourth-order valence-electron chi connectivity index (χ4n) is 1.15. The van der Waals surface area contributed by atoms with Crippen molar-refractivity contribution in [2.75, 3.05) is 11.9 Å². The molecule has 16 heavy (non-hydrogen) atoms. The second-order valence-electron chi connectivity index (χ2n) is 3.54. The highest BCUT2D eigenvalue weighted by Crippen LogP contribution is 2.07. The Kier molecular flexibility index (Phi) is 4.51. The van der Waals surface area contributed by atoms with Gasteiger partial charge in [0, 0.05) is 12.1 Å². The lowest BCUT2D eigenvalue weighted by Gasteiger charge is -2.06. The number of hydrogen-bond acceptors (Lipinski definition) is 2. The first-order valence-corrected chi connectivity index (χ1v) is 5.25. The Morgan fingerprint density at radius 3 is 2.31 bits per heavy atom. The molecule has 0 aliphatic heterocycles. The molecule has 0 heterocycles. The highest BCUT2D eigenvalue weighted by molar-refractivity contribution is 5.94. The molecule has 86 valence electrons. The zero-order valence-corrected chi connectivity index (χ0v) is 9.54. The van der Waals surface area contributed by atoms with E-state index in [4.69, 9.17) is 0 Å². The first kappa shape index (κ1) is 12.2. The molecule has 1 rings (SSSR count). The number of amides is 2. The summed E-state index contributed by atoms with van der Waals surface area (Å²) in [5.74, 6) is -0.343. The molecule has 2 N–H and O–H groups in total. The van der Waals surface area contributed by atoms with Crippen LogP contribution in [0.1, 0.15) is 18.9 Å². The molecular weight excluding hydrogens is 204 g/mol. The minimum absolute atomic E-state index is 0.0144. The monoisotopic (exact) mass is 220 g/mol. The van der Waals surface area contributed by atoms with Gasteiger partial charge in [0.25, 0.3) is 0 Å². The van der Waals surface area contributed by atoms with Gasteiger partial charge in [0.2, 0.25) is 11.8 Å². The molecule has 0 aliphatic rings. The number of rotatable bonds is 4. The molecule has 0 saturated carbocycles. The summed E-state index contributed by atoms with van der Waals surface area (Å²) in [5, 5.41) is 5.21. The Labute approximate surface area is 95.0 Å². The largest absolute Gasteiger partial charge is 0.347 e. The fourth-order valence-corrected chi connectivity index (χ4v) is 1.15. The van der Waals surface area contributed by atoms with E-state index in [0.717, 1.165) is 11.3 Å². The summed E-state index contributed by atoms with van der Waals surface area (Å²) >= 11 is 0. The lowest BCUT2D eigenvalue weighted by atomic mass is 10.2. The van der Waals surface area contributed by atoms with E-state index in [1.54, 1.807) is 6.92 Å². The van der Waals surface area contributed by atoms with Crippen molar-refractivity contribution in [1.29, 1.82) is 0 Å². The van der Waals surface area contributed by atoms with Crippen LogP contribution in [0.5, 0.6) is 0 Å². The van der Waals surface area contributed by atoms with Crippen LogP contribution in [0, 0.1) is 6.92 Å². The minimum Gasteiger partial charge on any atom is -0.347 e. The predicted molar refractivity (Wildman–Crippen MR) is 63.1 cm³/mol. The van der Waals surface area contributed by atoms with Gasteiger partial charge in [-0.25, -0.2) is 0 Å². The van der Waals surface area contributed by atoms with E-state index in [2.05, 4.69) is 10.6 Å². The van der Waals surface area contributed by atoms with Gasteiger partial charge in [0.1, 0.15) is 0 Å². The predicted octanol–water partition coefficient (Wildman–Crippen LogP) is 1.46. The first-order valence-electron chi connectivity index (χ1n) is 5.25. The van der Waals surface area contributed by atoms with E-state index in [1.165, 1.54) is 0 Å². The van der Waals surface area contributed by atoms with Gasteiger partial charge >= 0.3 is 0 Å². The van der Waals surface area contributed by atoms with Crippen molar-refractivity contribution < 1.29 is 9.59 Å². The second kappa shape index (κ2) is 5.90. The maximum absolute atomic E-state index is 11.4. The minimum atomic E-state index is -0.217. The van der Waals surface area contributed by atoms with Gasteiger partial charge in [0.15, 0.2) is 0 Å². The summed E-state index contributed by atoms with van der Waals surface area (Å²) in [6.07, 6.45) is 0.387. The van der Waals surface area contributed by atoms with E-state index >= 15 is 0 Å². The van der Waals surface area contributed by atoms with Crippen LogP contribution in [-0.4, -0.2) is 18.4 Å². The van der Waals surface area contributed by atoms with E-state index in [0.29, 0.717) is 6.42 Å². The summed E-state index contributed by atoms with van der Waals surface area (Å²) in [6, 6.07) is 7.49. The van der Waals surface area contributed by atoms with Crippen molar-refractivity contribution in [3.8, 4) is 0 Å². The Hall–Kier alpha value is -1.84. The lowest BCUT2D eigenvalue weighted by Crippen LogP contribution is -2.32. The van der Waals surface area contributed by atoms with Gasteiger partial charge in [-0.1, -0.05) is 24.6 Å². The molecule has 4 nitrogen and oxygen atoms in total. The van der Waals surface area contributed by atoms with Crippen LogP contribution < -0.4 is 10.6 Å². The fraction of sp³-hybridized carbons (Fsp3) is 0.333.